The van der Waals surface area contributed by atoms with Crippen LogP contribution in [0.1, 0.15) is 44.2 Å². The van der Waals surface area contributed by atoms with Crippen LogP contribution in [0.5, 0.6) is 5.75 Å². The third kappa shape index (κ3) is 6.99. The smallest absolute Gasteiger partial charge is 0.403 e. The van der Waals surface area contributed by atoms with Gasteiger partial charge >= 0.3 is 6.36 Å². The first-order valence-corrected chi connectivity index (χ1v) is 8.40. The molecule has 1 aromatic carbocycles. The Labute approximate surface area is 152 Å². The van der Waals surface area contributed by atoms with Crippen LogP contribution >= 0.6 is 12.4 Å². The SMILES string of the molecule is CCCCC[C@@H](c1ccc(OC(F)(F)F)c(F)c1)N1CCNCC1.Cl. The molecule has 1 atom stereocenters. The molecule has 2 rings (SSSR count). The normalized spacial score (nSPS) is 17.0. The molecule has 0 bridgehead atoms. The molecule has 144 valence electrons. The summed E-state index contributed by atoms with van der Waals surface area (Å²) in [5, 5.41) is 3.27. The molecule has 1 aromatic rings. The van der Waals surface area contributed by atoms with Gasteiger partial charge < -0.3 is 10.1 Å². The zero-order valence-electron chi connectivity index (χ0n) is 14.2. The molecule has 0 spiro atoms. The summed E-state index contributed by atoms with van der Waals surface area (Å²) in [4.78, 5) is 2.27. The number of benzene rings is 1. The minimum absolute atomic E-state index is 0. The van der Waals surface area contributed by atoms with Gasteiger partial charge in [0.25, 0.3) is 0 Å². The zero-order valence-corrected chi connectivity index (χ0v) is 15.1. The second-order valence-electron chi connectivity index (χ2n) is 6.04. The van der Waals surface area contributed by atoms with Gasteiger partial charge in [0.15, 0.2) is 11.6 Å². The molecule has 1 heterocycles. The van der Waals surface area contributed by atoms with Crippen molar-refractivity contribution < 1.29 is 22.3 Å². The van der Waals surface area contributed by atoms with Gasteiger partial charge in [-0.15, -0.1) is 25.6 Å². The Kier molecular flexibility index (Phi) is 8.96. The van der Waals surface area contributed by atoms with Gasteiger partial charge in [-0.25, -0.2) is 4.39 Å². The van der Waals surface area contributed by atoms with Gasteiger partial charge in [0.1, 0.15) is 0 Å². The summed E-state index contributed by atoms with van der Waals surface area (Å²) in [6.45, 7) is 5.53. The predicted octanol–water partition coefficient (Wildman–Crippen LogP) is 4.67. The average Bonchev–Trinajstić information content (AvgIpc) is 2.53. The molecule has 25 heavy (non-hydrogen) atoms. The fourth-order valence-electron chi connectivity index (χ4n) is 3.07. The Balaban J connectivity index is 0.00000312. The summed E-state index contributed by atoms with van der Waals surface area (Å²) >= 11 is 0. The van der Waals surface area contributed by atoms with Gasteiger partial charge in [-0.1, -0.05) is 32.3 Å². The van der Waals surface area contributed by atoms with Crippen LogP contribution in [0, 0.1) is 5.82 Å². The van der Waals surface area contributed by atoms with Gasteiger partial charge in [0, 0.05) is 32.2 Å². The summed E-state index contributed by atoms with van der Waals surface area (Å²) in [6.07, 6.45) is -0.844. The number of unbranched alkanes of at least 4 members (excludes halogenated alkanes) is 2. The summed E-state index contributed by atoms with van der Waals surface area (Å²) in [5.41, 5.74) is 0.708. The topological polar surface area (TPSA) is 24.5 Å². The van der Waals surface area contributed by atoms with E-state index in [0.717, 1.165) is 57.9 Å². The van der Waals surface area contributed by atoms with E-state index in [0.29, 0.717) is 5.56 Å². The Morgan fingerprint density at radius 1 is 1.20 bits per heavy atom. The van der Waals surface area contributed by atoms with Gasteiger partial charge in [-0.2, -0.15) is 0 Å². The third-order valence-electron chi connectivity index (χ3n) is 4.24. The quantitative estimate of drug-likeness (QED) is 0.546. The minimum Gasteiger partial charge on any atom is -0.403 e. The van der Waals surface area contributed by atoms with Crippen molar-refractivity contribution in [1.29, 1.82) is 0 Å². The van der Waals surface area contributed by atoms with E-state index in [1.807, 2.05) is 0 Å². The van der Waals surface area contributed by atoms with Crippen LogP contribution in [0.2, 0.25) is 0 Å². The monoisotopic (exact) mass is 384 g/mol. The molecule has 0 amide bonds. The molecule has 1 aliphatic heterocycles. The number of ether oxygens (including phenoxy) is 1. The number of halogens is 5. The van der Waals surface area contributed by atoms with Crippen LogP contribution in [-0.2, 0) is 0 Å². The maximum atomic E-state index is 14.0. The Morgan fingerprint density at radius 3 is 2.44 bits per heavy atom. The molecule has 0 aliphatic carbocycles. The molecule has 1 N–H and O–H groups in total. The van der Waals surface area contributed by atoms with Gasteiger partial charge in [0.05, 0.1) is 0 Å². The van der Waals surface area contributed by atoms with Gasteiger partial charge in [-0.3, -0.25) is 4.90 Å². The zero-order chi connectivity index (χ0) is 17.6. The van der Waals surface area contributed by atoms with Crippen LogP contribution in [0.25, 0.3) is 0 Å². The first-order valence-electron chi connectivity index (χ1n) is 8.40. The van der Waals surface area contributed by atoms with Crippen molar-refractivity contribution in [3.63, 3.8) is 0 Å². The number of nitrogens with zero attached hydrogens (tertiary/aromatic N) is 1. The average molecular weight is 385 g/mol. The number of rotatable bonds is 7. The number of piperazine rings is 1. The molecule has 3 nitrogen and oxygen atoms in total. The molecule has 8 heteroatoms. The Morgan fingerprint density at radius 2 is 1.88 bits per heavy atom. The molecule has 1 saturated heterocycles. The van der Waals surface area contributed by atoms with Crippen LogP contribution in [0.3, 0.4) is 0 Å². The molecule has 1 fully saturated rings. The van der Waals surface area contributed by atoms with Crippen molar-refractivity contribution in [2.45, 2.75) is 45.0 Å². The summed E-state index contributed by atoms with van der Waals surface area (Å²) in [5.74, 6) is -1.75. The fraction of sp³-hybridized carbons (Fsp3) is 0.647. The molecule has 0 saturated carbocycles. The van der Waals surface area contributed by atoms with E-state index in [1.165, 1.54) is 6.07 Å². The van der Waals surface area contributed by atoms with Crippen molar-refractivity contribution in [2.75, 3.05) is 26.2 Å². The lowest BCUT2D eigenvalue weighted by molar-refractivity contribution is -0.275. The van der Waals surface area contributed by atoms with E-state index in [9.17, 15) is 17.6 Å². The minimum atomic E-state index is -4.89. The van der Waals surface area contributed by atoms with E-state index in [-0.39, 0.29) is 18.4 Å². The maximum Gasteiger partial charge on any atom is 0.573 e. The largest absolute Gasteiger partial charge is 0.573 e. The number of alkyl halides is 3. The molecular weight excluding hydrogens is 360 g/mol. The molecule has 0 unspecified atom stereocenters. The predicted molar refractivity (Wildman–Crippen MR) is 91.7 cm³/mol. The standard InChI is InChI=1S/C17H24F4N2O.ClH/c1-2-3-4-5-15(23-10-8-22-9-11-23)13-6-7-16(14(18)12-13)24-17(19,20)21;/h6-7,12,15,22H,2-5,8-11H2,1H3;1H/t15-;/m0./s1. The highest BCUT2D eigenvalue weighted by atomic mass is 35.5. The molecular formula is C17H25ClF4N2O. The van der Waals surface area contributed by atoms with Crippen molar-refractivity contribution in [1.82, 2.24) is 10.2 Å². The Bertz CT molecular complexity index is 522. The summed E-state index contributed by atoms with van der Waals surface area (Å²) in [6, 6.07) is 3.82. The highest BCUT2D eigenvalue weighted by Gasteiger charge is 2.32. The van der Waals surface area contributed by atoms with Gasteiger partial charge in [-0.05, 0) is 24.1 Å². The second kappa shape index (κ2) is 10.2. The van der Waals surface area contributed by atoms with Crippen molar-refractivity contribution in [2.24, 2.45) is 0 Å². The fourth-order valence-corrected chi connectivity index (χ4v) is 3.07. The van der Waals surface area contributed by atoms with Crippen molar-refractivity contribution >= 4 is 12.4 Å². The van der Waals surface area contributed by atoms with E-state index < -0.39 is 17.9 Å². The van der Waals surface area contributed by atoms with Crippen LogP contribution in [-0.4, -0.2) is 37.4 Å². The molecule has 0 radical (unpaired) electrons. The van der Waals surface area contributed by atoms with Crippen LogP contribution in [0.4, 0.5) is 17.6 Å². The lowest BCUT2D eigenvalue weighted by Crippen LogP contribution is -2.45. The van der Waals surface area contributed by atoms with Crippen LogP contribution in [0.15, 0.2) is 18.2 Å². The highest BCUT2D eigenvalue weighted by Crippen LogP contribution is 2.32. The maximum absolute atomic E-state index is 14.0. The first kappa shape index (κ1) is 22.0. The third-order valence-corrected chi connectivity index (χ3v) is 4.24. The van der Waals surface area contributed by atoms with E-state index >= 15 is 0 Å². The first-order chi connectivity index (χ1) is 11.4. The highest BCUT2D eigenvalue weighted by molar-refractivity contribution is 5.85. The van der Waals surface area contributed by atoms with E-state index in [1.54, 1.807) is 6.07 Å². The van der Waals surface area contributed by atoms with E-state index in [4.69, 9.17) is 0 Å². The molecule has 1 aliphatic rings. The lowest BCUT2D eigenvalue weighted by atomic mass is 9.98. The Hall–Kier alpha value is -1.05. The summed E-state index contributed by atoms with van der Waals surface area (Å²) < 4.78 is 54.6. The number of hydrogen-bond donors (Lipinski definition) is 1. The molecule has 0 aromatic heterocycles. The van der Waals surface area contributed by atoms with Gasteiger partial charge in [0.2, 0.25) is 0 Å². The second-order valence-corrected chi connectivity index (χ2v) is 6.04. The van der Waals surface area contributed by atoms with E-state index in [2.05, 4.69) is 21.9 Å². The van der Waals surface area contributed by atoms with Crippen LogP contribution < -0.4 is 10.1 Å². The number of nitrogens with one attached hydrogen (secondary N) is 1. The lowest BCUT2D eigenvalue weighted by Gasteiger charge is -2.35. The number of hydrogen-bond acceptors (Lipinski definition) is 3. The summed E-state index contributed by atoms with van der Waals surface area (Å²) in [7, 11) is 0. The van der Waals surface area contributed by atoms with Crippen molar-refractivity contribution in [3.05, 3.63) is 29.6 Å². The van der Waals surface area contributed by atoms with Crippen molar-refractivity contribution in [3.8, 4) is 5.75 Å².